The van der Waals surface area contributed by atoms with Crippen LogP contribution in [0, 0.1) is 0 Å². The number of carbonyl (C=O) groups excluding carboxylic acids is 2. The molecule has 0 bridgehead atoms. The highest BCUT2D eigenvalue weighted by molar-refractivity contribution is 6.36. The number of nitrogens with one attached hydrogen (secondary N) is 1. The number of rotatable bonds is 10. The number of nitrogens with zero attached hydrogens (tertiary/aromatic N) is 1. The van der Waals surface area contributed by atoms with Crippen molar-refractivity contribution < 1.29 is 9.59 Å². The number of hydrogen-bond acceptors (Lipinski definition) is 2. The summed E-state index contributed by atoms with van der Waals surface area (Å²) in [7, 11) is 0. The molecule has 0 radical (unpaired) electrons. The van der Waals surface area contributed by atoms with Crippen LogP contribution in [0.4, 0.5) is 0 Å². The van der Waals surface area contributed by atoms with Crippen LogP contribution >= 0.6 is 23.2 Å². The van der Waals surface area contributed by atoms with E-state index in [1.807, 2.05) is 6.92 Å². The Morgan fingerprint density at radius 2 is 1.59 bits per heavy atom. The van der Waals surface area contributed by atoms with Crippen LogP contribution in [0.5, 0.6) is 0 Å². The van der Waals surface area contributed by atoms with E-state index in [2.05, 4.69) is 36.5 Å². The van der Waals surface area contributed by atoms with Gasteiger partial charge in [0.2, 0.25) is 11.8 Å². The summed E-state index contributed by atoms with van der Waals surface area (Å²) in [5.41, 5.74) is 3.06. The molecule has 184 valence electrons. The molecule has 0 aromatic heterocycles. The fraction of sp³-hybridized carbons (Fsp3) is 0.500. The lowest BCUT2D eigenvalue weighted by Crippen LogP contribution is -2.51. The van der Waals surface area contributed by atoms with E-state index in [4.69, 9.17) is 23.2 Å². The van der Waals surface area contributed by atoms with Gasteiger partial charge < -0.3 is 10.2 Å². The molecule has 1 aliphatic carbocycles. The van der Waals surface area contributed by atoms with Crippen molar-refractivity contribution in [3.05, 3.63) is 69.2 Å². The standard InChI is InChI=1S/C28H36Cl2N2O2/c1-3-20-13-15-21(16-14-20)17-18-27(33)32(19-23-24(29)11-8-12-25(23)30)26(4-2)28(34)31-22-9-6-5-7-10-22/h8,11-16,22,26H,3-7,9-10,17-19H2,1-2H3,(H,31,34)/t26-/m1/s1. The van der Waals surface area contributed by atoms with Crippen molar-refractivity contribution in [3.63, 3.8) is 0 Å². The molecule has 1 N–H and O–H groups in total. The van der Waals surface area contributed by atoms with Crippen molar-refractivity contribution in [1.82, 2.24) is 10.2 Å². The van der Waals surface area contributed by atoms with Crippen LogP contribution in [-0.4, -0.2) is 28.8 Å². The van der Waals surface area contributed by atoms with Gasteiger partial charge >= 0.3 is 0 Å². The second-order valence-corrected chi connectivity index (χ2v) is 9.97. The van der Waals surface area contributed by atoms with Crippen molar-refractivity contribution >= 4 is 35.0 Å². The average Bonchev–Trinajstić information content (AvgIpc) is 2.85. The van der Waals surface area contributed by atoms with Gasteiger partial charge in [0.05, 0.1) is 0 Å². The highest BCUT2D eigenvalue weighted by Gasteiger charge is 2.31. The minimum atomic E-state index is -0.566. The molecule has 1 saturated carbocycles. The zero-order valence-electron chi connectivity index (χ0n) is 20.3. The number of carbonyl (C=O) groups is 2. The van der Waals surface area contributed by atoms with Crippen LogP contribution in [0.3, 0.4) is 0 Å². The van der Waals surface area contributed by atoms with Crippen LogP contribution in [0.25, 0.3) is 0 Å². The first kappa shape index (κ1) is 26.6. The second kappa shape index (κ2) is 13.2. The first-order valence-corrected chi connectivity index (χ1v) is 13.3. The van der Waals surface area contributed by atoms with Gasteiger partial charge in [0.25, 0.3) is 0 Å². The Balaban J connectivity index is 1.78. The predicted octanol–water partition coefficient (Wildman–Crippen LogP) is 6.74. The number of amides is 2. The number of hydrogen-bond donors (Lipinski definition) is 1. The van der Waals surface area contributed by atoms with E-state index in [-0.39, 0.29) is 24.4 Å². The fourth-order valence-electron chi connectivity index (χ4n) is 4.65. The summed E-state index contributed by atoms with van der Waals surface area (Å²) in [4.78, 5) is 28.5. The van der Waals surface area contributed by atoms with Gasteiger partial charge in [0.15, 0.2) is 0 Å². The van der Waals surface area contributed by atoms with Crippen LogP contribution in [-0.2, 0) is 29.0 Å². The summed E-state index contributed by atoms with van der Waals surface area (Å²) in [5.74, 6) is -0.153. The molecule has 2 aromatic carbocycles. The van der Waals surface area contributed by atoms with Crippen molar-refractivity contribution in [2.45, 2.75) is 90.3 Å². The van der Waals surface area contributed by atoms with Crippen LogP contribution < -0.4 is 5.32 Å². The quantitative estimate of drug-likeness (QED) is 0.390. The summed E-state index contributed by atoms with van der Waals surface area (Å²) in [6.45, 7) is 4.28. The molecular formula is C28H36Cl2N2O2. The lowest BCUT2D eigenvalue weighted by molar-refractivity contribution is -0.141. The van der Waals surface area contributed by atoms with Gasteiger partial charge in [-0.2, -0.15) is 0 Å². The van der Waals surface area contributed by atoms with Gasteiger partial charge in [-0.15, -0.1) is 0 Å². The number of halogens is 2. The molecule has 2 amide bonds. The van der Waals surface area contributed by atoms with Crippen LogP contribution in [0.2, 0.25) is 10.0 Å². The Kier molecular flexibility index (Phi) is 10.3. The molecule has 34 heavy (non-hydrogen) atoms. The molecule has 2 aromatic rings. The first-order chi connectivity index (χ1) is 16.4. The molecule has 6 heteroatoms. The lowest BCUT2D eigenvalue weighted by atomic mass is 9.95. The Morgan fingerprint density at radius 1 is 0.971 bits per heavy atom. The monoisotopic (exact) mass is 502 g/mol. The summed E-state index contributed by atoms with van der Waals surface area (Å²) >= 11 is 12.9. The molecule has 4 nitrogen and oxygen atoms in total. The minimum absolute atomic E-state index is 0.0683. The third-order valence-corrected chi connectivity index (χ3v) is 7.49. The molecule has 1 fully saturated rings. The molecule has 0 saturated heterocycles. The fourth-order valence-corrected chi connectivity index (χ4v) is 5.17. The largest absolute Gasteiger partial charge is 0.352 e. The number of aryl methyl sites for hydroxylation is 2. The van der Waals surface area contributed by atoms with Crippen molar-refractivity contribution in [3.8, 4) is 0 Å². The van der Waals surface area contributed by atoms with Gasteiger partial charge in [-0.05, 0) is 55.4 Å². The van der Waals surface area contributed by atoms with E-state index in [0.29, 0.717) is 34.9 Å². The maximum atomic E-state index is 13.5. The van der Waals surface area contributed by atoms with Gasteiger partial charge in [0, 0.05) is 34.6 Å². The van der Waals surface area contributed by atoms with Crippen molar-refractivity contribution in [2.24, 2.45) is 0 Å². The topological polar surface area (TPSA) is 49.4 Å². The molecule has 1 atom stereocenters. The van der Waals surface area contributed by atoms with Gasteiger partial charge in [-0.25, -0.2) is 0 Å². The maximum absolute atomic E-state index is 13.5. The first-order valence-electron chi connectivity index (χ1n) is 12.5. The van der Waals surface area contributed by atoms with E-state index < -0.39 is 6.04 Å². The highest BCUT2D eigenvalue weighted by atomic mass is 35.5. The van der Waals surface area contributed by atoms with Crippen molar-refractivity contribution in [2.75, 3.05) is 0 Å². The van der Waals surface area contributed by atoms with Gasteiger partial charge in [-0.1, -0.05) is 86.6 Å². The van der Waals surface area contributed by atoms with E-state index in [1.54, 1.807) is 23.1 Å². The Labute approximate surface area is 214 Å². The predicted molar refractivity (Wildman–Crippen MR) is 140 cm³/mol. The molecule has 0 heterocycles. The third-order valence-electron chi connectivity index (χ3n) is 6.79. The Hall–Kier alpha value is -2.04. The van der Waals surface area contributed by atoms with Crippen molar-refractivity contribution in [1.29, 1.82) is 0 Å². The summed E-state index contributed by atoms with van der Waals surface area (Å²) in [6, 6.07) is 13.3. The smallest absolute Gasteiger partial charge is 0.243 e. The average molecular weight is 504 g/mol. The summed E-state index contributed by atoms with van der Waals surface area (Å²) < 4.78 is 0. The van der Waals surface area contributed by atoms with Gasteiger partial charge in [-0.3, -0.25) is 9.59 Å². The molecule has 0 spiro atoms. The SMILES string of the molecule is CCc1ccc(CCC(=O)N(Cc2c(Cl)cccc2Cl)[C@H](CC)C(=O)NC2CCCCC2)cc1. The molecular weight excluding hydrogens is 467 g/mol. The Morgan fingerprint density at radius 3 is 2.18 bits per heavy atom. The maximum Gasteiger partial charge on any atom is 0.243 e. The van der Waals surface area contributed by atoms with Gasteiger partial charge in [0.1, 0.15) is 6.04 Å². The molecule has 0 unspecified atom stereocenters. The van der Waals surface area contributed by atoms with Crippen LogP contribution in [0.1, 0.15) is 75.5 Å². The second-order valence-electron chi connectivity index (χ2n) is 9.16. The summed E-state index contributed by atoms with van der Waals surface area (Å²) in [6.07, 6.45) is 7.94. The highest BCUT2D eigenvalue weighted by Crippen LogP contribution is 2.28. The molecule has 3 rings (SSSR count). The van der Waals surface area contributed by atoms with E-state index in [9.17, 15) is 9.59 Å². The molecule has 1 aliphatic rings. The zero-order valence-corrected chi connectivity index (χ0v) is 21.8. The van der Waals surface area contributed by atoms with Crippen LogP contribution in [0.15, 0.2) is 42.5 Å². The normalized spacial score (nSPS) is 15.1. The minimum Gasteiger partial charge on any atom is -0.352 e. The Bertz CT molecular complexity index is 935. The lowest BCUT2D eigenvalue weighted by Gasteiger charge is -2.33. The third kappa shape index (κ3) is 7.23. The van der Waals surface area contributed by atoms with E-state index >= 15 is 0 Å². The molecule has 0 aliphatic heterocycles. The van der Waals surface area contributed by atoms with E-state index in [1.165, 1.54) is 12.0 Å². The number of benzene rings is 2. The zero-order chi connectivity index (χ0) is 24.5. The summed E-state index contributed by atoms with van der Waals surface area (Å²) in [5, 5.41) is 4.21. The van der Waals surface area contributed by atoms with E-state index in [0.717, 1.165) is 37.7 Å².